The number of hydrogen-bond acceptors (Lipinski definition) is 4. The number of esters is 1. The predicted octanol–water partition coefficient (Wildman–Crippen LogP) is 2.32. The zero-order valence-electron chi connectivity index (χ0n) is 8.41. The summed E-state index contributed by atoms with van der Waals surface area (Å²) in [6, 6.07) is 4.13. The maximum atomic E-state index is 12.7. The minimum Gasteiger partial charge on any atom is -0.465 e. The van der Waals surface area contributed by atoms with E-state index in [1.807, 2.05) is 0 Å². The monoisotopic (exact) mass is 245 g/mol. The smallest absolute Gasteiger partial charge is 0.338 e. The van der Waals surface area contributed by atoms with Crippen molar-refractivity contribution in [1.29, 1.82) is 0 Å². The van der Waals surface area contributed by atoms with Gasteiger partial charge in [-0.05, 0) is 17.7 Å². The maximum Gasteiger partial charge on any atom is 0.338 e. The molecule has 0 aliphatic rings. The summed E-state index contributed by atoms with van der Waals surface area (Å²) in [4.78, 5) is 11.2. The van der Waals surface area contributed by atoms with E-state index in [-0.39, 0.29) is 16.3 Å². The Kier molecular flexibility index (Phi) is 4.25. The van der Waals surface area contributed by atoms with Gasteiger partial charge in [0, 0.05) is 5.56 Å². The van der Waals surface area contributed by atoms with Crippen molar-refractivity contribution >= 4 is 22.7 Å². The first-order valence-corrected chi connectivity index (χ1v) is 4.67. The zero-order valence-corrected chi connectivity index (χ0v) is 9.16. The zero-order chi connectivity index (χ0) is 12.1. The van der Waals surface area contributed by atoms with Crippen molar-refractivity contribution in [2.45, 2.75) is 6.67 Å². The van der Waals surface area contributed by atoms with Crippen LogP contribution in [0.1, 0.15) is 21.5 Å². The van der Waals surface area contributed by atoms with Crippen LogP contribution in [-0.2, 0) is 11.4 Å². The van der Waals surface area contributed by atoms with Gasteiger partial charge in [0.15, 0.2) is 5.17 Å². The van der Waals surface area contributed by atoms with Crippen molar-refractivity contribution < 1.29 is 19.1 Å². The number of halogens is 2. The Morgan fingerprint density at radius 1 is 1.62 bits per heavy atom. The number of carbonyl (C=O) groups excluding carboxylic acids is 1. The molecule has 0 bridgehead atoms. The van der Waals surface area contributed by atoms with Gasteiger partial charge < -0.3 is 9.94 Å². The van der Waals surface area contributed by atoms with Crippen LogP contribution in [0.2, 0.25) is 0 Å². The Morgan fingerprint density at radius 2 is 2.31 bits per heavy atom. The third-order valence-electron chi connectivity index (χ3n) is 1.98. The lowest BCUT2D eigenvalue weighted by molar-refractivity contribution is 0.0598. The molecule has 1 N–H and O–H groups in total. The third kappa shape index (κ3) is 2.49. The molecule has 0 unspecified atom stereocenters. The maximum absolute atomic E-state index is 12.7. The number of rotatable bonds is 3. The van der Waals surface area contributed by atoms with Crippen molar-refractivity contribution in [1.82, 2.24) is 0 Å². The molecule has 86 valence electrons. The second-order valence-corrected chi connectivity index (χ2v) is 3.25. The summed E-state index contributed by atoms with van der Waals surface area (Å²) in [5.41, 5.74) is 0.576. The van der Waals surface area contributed by atoms with Gasteiger partial charge in [-0.2, -0.15) is 0 Å². The Hall–Kier alpha value is -1.62. The largest absolute Gasteiger partial charge is 0.465 e. The molecule has 0 saturated heterocycles. The van der Waals surface area contributed by atoms with Crippen LogP contribution < -0.4 is 0 Å². The van der Waals surface area contributed by atoms with Crippen LogP contribution >= 0.6 is 11.6 Å². The molecule has 4 nitrogen and oxygen atoms in total. The first-order chi connectivity index (χ1) is 7.63. The highest BCUT2D eigenvalue weighted by Gasteiger charge is 2.13. The molecule has 6 heteroatoms. The van der Waals surface area contributed by atoms with Gasteiger partial charge in [-0.25, -0.2) is 9.18 Å². The first-order valence-electron chi connectivity index (χ1n) is 4.29. The number of hydrogen-bond donors (Lipinski definition) is 1. The summed E-state index contributed by atoms with van der Waals surface area (Å²) in [5.74, 6) is -0.628. The molecule has 0 aliphatic carbocycles. The molecule has 0 heterocycles. The van der Waals surface area contributed by atoms with Crippen LogP contribution in [0.15, 0.2) is 23.4 Å². The Bertz CT molecular complexity index is 434. The minimum absolute atomic E-state index is 0.121. The summed E-state index contributed by atoms with van der Waals surface area (Å²) in [7, 11) is 1.21. The van der Waals surface area contributed by atoms with Crippen LogP contribution in [0.3, 0.4) is 0 Å². The fourth-order valence-electron chi connectivity index (χ4n) is 1.20. The number of oxime groups is 1. The SMILES string of the molecule is COC(=O)c1ccc(/C(Cl)=N/O)cc1CF. The van der Waals surface area contributed by atoms with Gasteiger partial charge in [-0.3, -0.25) is 0 Å². The Morgan fingerprint density at radius 3 is 2.81 bits per heavy atom. The molecule has 0 aliphatic heterocycles. The van der Waals surface area contributed by atoms with Gasteiger partial charge in [0.05, 0.1) is 12.7 Å². The van der Waals surface area contributed by atoms with E-state index in [2.05, 4.69) is 9.89 Å². The summed E-state index contributed by atoms with van der Waals surface area (Å²) in [6.07, 6.45) is 0. The molecule has 0 atom stereocenters. The second kappa shape index (κ2) is 5.46. The lowest BCUT2D eigenvalue weighted by Crippen LogP contribution is -2.06. The molecule has 1 aromatic rings. The van der Waals surface area contributed by atoms with Gasteiger partial charge >= 0.3 is 5.97 Å². The average molecular weight is 246 g/mol. The molecule has 16 heavy (non-hydrogen) atoms. The summed E-state index contributed by atoms with van der Waals surface area (Å²) >= 11 is 5.55. The van der Waals surface area contributed by atoms with E-state index in [0.717, 1.165) is 0 Å². The average Bonchev–Trinajstić information content (AvgIpc) is 2.35. The topological polar surface area (TPSA) is 58.9 Å². The van der Waals surface area contributed by atoms with E-state index in [1.54, 1.807) is 0 Å². The van der Waals surface area contributed by atoms with Crippen molar-refractivity contribution in [3.8, 4) is 0 Å². The molecule has 0 radical (unpaired) electrons. The van der Waals surface area contributed by atoms with E-state index in [1.165, 1.54) is 25.3 Å². The highest BCUT2D eigenvalue weighted by atomic mass is 35.5. The lowest BCUT2D eigenvalue weighted by Gasteiger charge is -2.06. The van der Waals surface area contributed by atoms with E-state index in [9.17, 15) is 9.18 Å². The van der Waals surface area contributed by atoms with Crippen LogP contribution in [0.25, 0.3) is 0 Å². The van der Waals surface area contributed by atoms with Crippen molar-refractivity contribution in [2.24, 2.45) is 5.16 Å². The fourth-order valence-corrected chi connectivity index (χ4v) is 1.32. The number of benzene rings is 1. The summed E-state index contributed by atoms with van der Waals surface area (Å²) in [6.45, 7) is -0.839. The van der Waals surface area contributed by atoms with Gasteiger partial charge in [0.2, 0.25) is 0 Å². The highest BCUT2D eigenvalue weighted by molar-refractivity contribution is 6.69. The van der Waals surface area contributed by atoms with E-state index >= 15 is 0 Å². The van der Waals surface area contributed by atoms with Gasteiger partial charge in [-0.1, -0.05) is 22.8 Å². The molecule has 0 fully saturated rings. The minimum atomic E-state index is -0.839. The van der Waals surface area contributed by atoms with Crippen LogP contribution in [0.4, 0.5) is 4.39 Å². The van der Waals surface area contributed by atoms with Crippen molar-refractivity contribution in [3.05, 3.63) is 34.9 Å². The second-order valence-electron chi connectivity index (χ2n) is 2.89. The van der Waals surface area contributed by atoms with Gasteiger partial charge in [0.1, 0.15) is 6.67 Å². The molecule has 0 spiro atoms. The molecular formula is C10H9ClFNO3. The van der Waals surface area contributed by atoms with Crippen LogP contribution in [0.5, 0.6) is 0 Å². The Labute approximate surface area is 96.3 Å². The quantitative estimate of drug-likeness (QED) is 0.385. The molecule has 0 saturated carbocycles. The van der Waals surface area contributed by atoms with Crippen molar-refractivity contribution in [3.63, 3.8) is 0 Å². The Balaban J connectivity index is 3.22. The highest BCUT2D eigenvalue weighted by Crippen LogP contribution is 2.16. The number of ether oxygens (including phenoxy) is 1. The number of carbonyl (C=O) groups is 1. The normalized spacial score (nSPS) is 11.3. The molecular weight excluding hydrogens is 237 g/mol. The van der Waals surface area contributed by atoms with Gasteiger partial charge in [-0.15, -0.1) is 0 Å². The summed E-state index contributed by atoms with van der Waals surface area (Å²) in [5, 5.41) is 11.0. The van der Waals surface area contributed by atoms with Crippen LogP contribution in [-0.4, -0.2) is 23.5 Å². The van der Waals surface area contributed by atoms with Crippen LogP contribution in [0, 0.1) is 0 Å². The first kappa shape index (κ1) is 12.4. The lowest BCUT2D eigenvalue weighted by atomic mass is 10.1. The number of alkyl halides is 1. The molecule has 1 rings (SSSR count). The number of nitrogens with zero attached hydrogens (tertiary/aromatic N) is 1. The summed E-state index contributed by atoms with van der Waals surface area (Å²) < 4.78 is 17.2. The predicted molar refractivity (Wildman–Crippen MR) is 56.8 cm³/mol. The molecule has 0 aromatic heterocycles. The molecule has 0 amide bonds. The standard InChI is InChI=1S/C10H9ClFNO3/c1-16-10(14)8-3-2-6(9(11)13-15)4-7(8)5-12/h2-4,15H,5H2,1H3/b13-9-. The fraction of sp³-hybridized carbons (Fsp3) is 0.200. The molecule has 1 aromatic carbocycles. The number of methoxy groups -OCH3 is 1. The van der Waals surface area contributed by atoms with E-state index in [4.69, 9.17) is 16.8 Å². The third-order valence-corrected chi connectivity index (χ3v) is 2.27. The van der Waals surface area contributed by atoms with Crippen molar-refractivity contribution in [2.75, 3.05) is 7.11 Å². The van der Waals surface area contributed by atoms with Gasteiger partial charge in [0.25, 0.3) is 0 Å². The van der Waals surface area contributed by atoms with E-state index in [0.29, 0.717) is 5.56 Å². The van der Waals surface area contributed by atoms with E-state index < -0.39 is 12.6 Å².